The fourth-order valence-corrected chi connectivity index (χ4v) is 5.71. The summed E-state index contributed by atoms with van der Waals surface area (Å²) in [6.45, 7) is 5.95. The number of benzene rings is 1. The number of aryl methyl sites for hydroxylation is 1. The van der Waals surface area contributed by atoms with E-state index in [0.717, 1.165) is 43.4 Å². The number of alkyl halides is 3. The molecular weight excluding hydrogens is 511 g/mol. The van der Waals surface area contributed by atoms with E-state index < -0.39 is 11.7 Å². The number of hydrogen-bond donors (Lipinski definition) is 2. The zero-order valence-electron chi connectivity index (χ0n) is 22.4. The lowest BCUT2D eigenvalue weighted by Gasteiger charge is -2.34. The molecule has 2 atom stereocenters. The molecule has 3 saturated heterocycles. The van der Waals surface area contributed by atoms with Crippen LogP contribution in [-0.4, -0.2) is 90.7 Å². The Morgan fingerprint density at radius 2 is 2.05 bits per heavy atom. The zero-order chi connectivity index (χ0) is 27.6. The Morgan fingerprint density at radius 3 is 2.77 bits per heavy atom. The van der Waals surface area contributed by atoms with E-state index in [-0.39, 0.29) is 30.8 Å². The molecular formula is C27H36F3N7O2. The van der Waals surface area contributed by atoms with Gasteiger partial charge in [-0.2, -0.15) is 18.2 Å². The Morgan fingerprint density at radius 1 is 1.21 bits per heavy atom. The van der Waals surface area contributed by atoms with Crippen LogP contribution in [-0.2, 0) is 22.1 Å². The van der Waals surface area contributed by atoms with Gasteiger partial charge in [-0.25, -0.2) is 4.98 Å². The Kier molecular flexibility index (Phi) is 8.13. The number of likely N-dealkylation sites (tertiary alicyclic amines) is 1. The SMILES string of the molecule is CCc1cc(N2CC3CC2CN3C)ccc1Nc1ncc(C(F)(F)F)c(NCCCN2CCCOCC2=O)n1. The molecule has 4 heterocycles. The third-order valence-corrected chi connectivity index (χ3v) is 7.85. The molecule has 1 aromatic carbocycles. The highest BCUT2D eigenvalue weighted by Gasteiger charge is 2.41. The molecule has 1 amide bonds. The van der Waals surface area contributed by atoms with Crippen LogP contribution in [0.4, 0.5) is 36.3 Å². The number of fused-ring (bicyclic) bond motifs is 2. The smallest absolute Gasteiger partial charge is 0.372 e. The fourth-order valence-electron chi connectivity index (χ4n) is 5.71. The summed E-state index contributed by atoms with van der Waals surface area (Å²) in [5.41, 5.74) is 2.07. The third kappa shape index (κ3) is 6.22. The summed E-state index contributed by atoms with van der Waals surface area (Å²) in [5.74, 6) is -0.286. The van der Waals surface area contributed by atoms with Gasteiger partial charge in [-0.3, -0.25) is 9.69 Å². The van der Waals surface area contributed by atoms with Gasteiger partial charge in [0.2, 0.25) is 11.9 Å². The van der Waals surface area contributed by atoms with Crippen molar-refractivity contribution in [3.05, 3.63) is 35.5 Å². The fraction of sp³-hybridized carbons (Fsp3) is 0.593. The van der Waals surface area contributed by atoms with Crippen molar-refractivity contribution in [2.24, 2.45) is 0 Å². The Bertz CT molecular complexity index is 1180. The number of hydrogen-bond acceptors (Lipinski definition) is 8. The molecule has 1 aromatic heterocycles. The molecule has 39 heavy (non-hydrogen) atoms. The number of nitrogens with zero attached hydrogens (tertiary/aromatic N) is 5. The molecule has 2 N–H and O–H groups in total. The molecule has 9 nitrogen and oxygen atoms in total. The summed E-state index contributed by atoms with van der Waals surface area (Å²) in [6.07, 6.45) is -0.635. The maximum Gasteiger partial charge on any atom is 0.421 e. The molecule has 212 valence electrons. The van der Waals surface area contributed by atoms with E-state index in [9.17, 15) is 18.0 Å². The highest BCUT2D eigenvalue weighted by Crippen LogP contribution is 2.37. The molecule has 2 bridgehead atoms. The van der Waals surface area contributed by atoms with Crippen LogP contribution in [0.3, 0.4) is 0 Å². The number of carbonyl (C=O) groups excluding carboxylic acids is 1. The zero-order valence-corrected chi connectivity index (χ0v) is 22.4. The Balaban J connectivity index is 1.27. The summed E-state index contributed by atoms with van der Waals surface area (Å²) < 4.78 is 46.3. The third-order valence-electron chi connectivity index (χ3n) is 7.85. The van der Waals surface area contributed by atoms with Gasteiger partial charge < -0.3 is 25.2 Å². The molecule has 2 aromatic rings. The van der Waals surface area contributed by atoms with Crippen molar-refractivity contribution in [3.8, 4) is 0 Å². The largest absolute Gasteiger partial charge is 0.421 e. The van der Waals surface area contributed by atoms with Crippen LogP contribution in [0.25, 0.3) is 0 Å². The maximum absolute atomic E-state index is 13.7. The molecule has 2 unspecified atom stereocenters. The van der Waals surface area contributed by atoms with E-state index in [1.165, 1.54) is 12.1 Å². The van der Waals surface area contributed by atoms with Crippen molar-refractivity contribution in [1.29, 1.82) is 0 Å². The Labute approximate surface area is 226 Å². The molecule has 0 saturated carbocycles. The maximum atomic E-state index is 13.7. The minimum absolute atomic E-state index is 0.0454. The van der Waals surface area contributed by atoms with Gasteiger partial charge >= 0.3 is 6.18 Å². The van der Waals surface area contributed by atoms with Gasteiger partial charge in [-0.1, -0.05) is 6.92 Å². The molecule has 0 radical (unpaired) electrons. The summed E-state index contributed by atoms with van der Waals surface area (Å²) >= 11 is 0. The van der Waals surface area contributed by atoms with Crippen LogP contribution in [0, 0.1) is 0 Å². The number of aromatic nitrogens is 2. The molecule has 0 aliphatic carbocycles. The van der Waals surface area contributed by atoms with Gasteiger partial charge in [0.1, 0.15) is 18.0 Å². The number of amides is 1. The first-order chi connectivity index (χ1) is 18.7. The first-order valence-corrected chi connectivity index (χ1v) is 13.6. The van der Waals surface area contributed by atoms with Crippen molar-refractivity contribution < 1.29 is 22.7 Å². The average molecular weight is 548 g/mol. The second-order valence-electron chi connectivity index (χ2n) is 10.5. The van der Waals surface area contributed by atoms with Crippen LogP contribution in [0.15, 0.2) is 24.4 Å². The van der Waals surface area contributed by atoms with Gasteiger partial charge in [-0.05, 0) is 56.5 Å². The number of ether oxygens (including phenoxy) is 1. The number of likely N-dealkylation sites (N-methyl/N-ethyl adjacent to an activating group) is 1. The minimum atomic E-state index is -4.60. The number of carbonyl (C=O) groups is 1. The van der Waals surface area contributed by atoms with Crippen LogP contribution >= 0.6 is 0 Å². The van der Waals surface area contributed by atoms with Crippen molar-refractivity contribution in [3.63, 3.8) is 0 Å². The average Bonchev–Trinajstić information content (AvgIpc) is 3.41. The molecule has 3 aliphatic rings. The highest BCUT2D eigenvalue weighted by molar-refractivity contribution is 5.77. The van der Waals surface area contributed by atoms with Crippen molar-refractivity contribution in [2.75, 3.05) is 68.5 Å². The van der Waals surface area contributed by atoms with Crippen molar-refractivity contribution in [2.45, 2.75) is 50.9 Å². The van der Waals surface area contributed by atoms with Crippen molar-refractivity contribution >= 4 is 29.0 Å². The summed E-state index contributed by atoms with van der Waals surface area (Å²) in [6, 6.07) is 7.27. The molecule has 0 spiro atoms. The summed E-state index contributed by atoms with van der Waals surface area (Å²) in [4.78, 5) is 26.8. The summed E-state index contributed by atoms with van der Waals surface area (Å²) in [5, 5.41) is 5.95. The van der Waals surface area contributed by atoms with E-state index >= 15 is 0 Å². The lowest BCUT2D eigenvalue weighted by Crippen LogP contribution is -2.44. The predicted molar refractivity (Wildman–Crippen MR) is 143 cm³/mol. The number of halogens is 3. The second kappa shape index (κ2) is 11.5. The standard InChI is InChI=1S/C27H36F3N7O2/c1-3-18-12-19(37-16-20-13-21(37)15-35(20)2)6-7-23(18)33-26-32-14-22(27(28,29)30)25(34-26)31-8-4-9-36-10-5-11-39-17-24(36)38/h6-7,12,14,20-21H,3-5,8-11,13,15-17H2,1-2H3,(H2,31,32,33,34). The summed E-state index contributed by atoms with van der Waals surface area (Å²) in [7, 11) is 2.17. The number of rotatable bonds is 9. The van der Waals surface area contributed by atoms with Crippen LogP contribution < -0.4 is 15.5 Å². The Hall–Kier alpha value is -3.12. The van der Waals surface area contributed by atoms with Crippen LogP contribution in [0.5, 0.6) is 0 Å². The number of piperazine rings is 1. The lowest BCUT2D eigenvalue weighted by atomic mass is 10.1. The topological polar surface area (TPSA) is 85.9 Å². The highest BCUT2D eigenvalue weighted by atomic mass is 19.4. The quantitative estimate of drug-likeness (QED) is 0.460. The van der Waals surface area contributed by atoms with E-state index in [1.54, 1.807) is 4.90 Å². The molecule has 3 fully saturated rings. The first-order valence-electron chi connectivity index (χ1n) is 13.6. The van der Waals surface area contributed by atoms with Crippen molar-refractivity contribution in [1.82, 2.24) is 19.8 Å². The molecule has 12 heteroatoms. The van der Waals surface area contributed by atoms with Gasteiger partial charge in [0.05, 0.1) is 0 Å². The van der Waals surface area contributed by atoms with E-state index in [4.69, 9.17) is 4.74 Å². The monoisotopic (exact) mass is 547 g/mol. The van der Waals surface area contributed by atoms with Crippen LogP contribution in [0.2, 0.25) is 0 Å². The van der Waals surface area contributed by atoms with Gasteiger partial charge in [0.25, 0.3) is 0 Å². The van der Waals surface area contributed by atoms with Gasteiger partial charge in [0, 0.05) is 69.0 Å². The molecule has 3 aliphatic heterocycles. The number of nitrogens with one attached hydrogen (secondary N) is 2. The minimum Gasteiger partial charge on any atom is -0.372 e. The second-order valence-corrected chi connectivity index (χ2v) is 10.5. The van der Waals surface area contributed by atoms with Gasteiger partial charge in [0.15, 0.2) is 0 Å². The van der Waals surface area contributed by atoms with Gasteiger partial charge in [-0.15, -0.1) is 0 Å². The first kappa shape index (κ1) is 27.4. The van der Waals surface area contributed by atoms with E-state index in [1.807, 2.05) is 6.07 Å². The van der Waals surface area contributed by atoms with Crippen LogP contribution in [0.1, 0.15) is 37.3 Å². The molecule has 5 rings (SSSR count). The lowest BCUT2D eigenvalue weighted by molar-refractivity contribution is -0.137. The van der Waals surface area contributed by atoms with E-state index in [2.05, 4.69) is 56.5 Å². The number of anilines is 4. The van der Waals surface area contributed by atoms with E-state index in [0.29, 0.717) is 38.2 Å². The predicted octanol–water partition coefficient (Wildman–Crippen LogP) is 3.75. The normalized spacial score (nSPS) is 21.9.